The molecule has 2 aromatic heterocycles. The van der Waals surface area contributed by atoms with Gasteiger partial charge in [-0.3, -0.25) is 14.4 Å². The number of aryl methyl sites for hydroxylation is 1. The number of hydrogen-bond donors (Lipinski definition) is 5. The molecule has 0 spiro atoms. The molecule has 2 aromatic carbocycles. The third kappa shape index (κ3) is 8.02. The van der Waals surface area contributed by atoms with Gasteiger partial charge in [-0.1, -0.05) is 68.5 Å². The predicted octanol–water partition coefficient (Wildman–Crippen LogP) is 3.31. The van der Waals surface area contributed by atoms with E-state index in [2.05, 4.69) is 30.7 Å². The van der Waals surface area contributed by atoms with E-state index in [0.29, 0.717) is 42.9 Å². The highest BCUT2D eigenvalue weighted by molar-refractivity contribution is 7.13. The van der Waals surface area contributed by atoms with Crippen molar-refractivity contribution in [2.75, 3.05) is 30.3 Å². The summed E-state index contributed by atoms with van der Waals surface area (Å²) in [5, 5.41) is 35.2. The van der Waals surface area contributed by atoms with E-state index >= 15 is 0 Å². The average molecular weight is 728 g/mol. The average Bonchev–Trinajstić information content (AvgIpc) is 3.74. The van der Waals surface area contributed by atoms with E-state index in [0.717, 1.165) is 21.7 Å². The molecule has 2 fully saturated rings. The molecule has 14 heteroatoms. The molecule has 2 aliphatic heterocycles. The molecule has 0 bridgehead atoms. The van der Waals surface area contributed by atoms with Gasteiger partial charge in [0.15, 0.2) is 11.5 Å². The lowest BCUT2D eigenvalue weighted by molar-refractivity contribution is -0.379. The number of phenolic OH excluding ortho intramolecular Hbond substituents is 1. The number of carbonyl (C=O) groups excluding carboxylic acids is 3. The molecule has 2 saturated heterocycles. The second-order valence-corrected chi connectivity index (χ2v) is 15.6. The number of nitrogens with one attached hydrogen (secondary N) is 3. The first-order valence-corrected chi connectivity index (χ1v) is 18.5. The van der Waals surface area contributed by atoms with Crippen LogP contribution in [0.15, 0.2) is 60.1 Å². The summed E-state index contributed by atoms with van der Waals surface area (Å²) in [6.45, 7) is 8.99. The van der Waals surface area contributed by atoms with Crippen molar-refractivity contribution in [3.05, 3.63) is 71.4 Å². The zero-order valence-corrected chi connectivity index (χ0v) is 30.7. The summed E-state index contributed by atoms with van der Waals surface area (Å²) in [5.41, 5.74) is 12.3. The number of rotatable bonds is 9. The first-order chi connectivity index (χ1) is 24.8. The van der Waals surface area contributed by atoms with Crippen LogP contribution in [0, 0.1) is 18.3 Å². The zero-order chi connectivity index (χ0) is 37.2. The molecule has 0 aliphatic carbocycles. The highest BCUT2D eigenvalue weighted by Crippen LogP contribution is 2.34. The van der Waals surface area contributed by atoms with Crippen molar-refractivity contribution >= 4 is 40.6 Å². The number of amides is 3. The number of aromatic amines is 1. The van der Waals surface area contributed by atoms with Crippen LogP contribution in [0.2, 0.25) is 0 Å². The number of hydrogen-bond acceptors (Lipinski definition) is 10. The number of para-hydroxylation sites is 1. The second-order valence-electron chi connectivity index (χ2n) is 14.7. The number of aliphatic hydroxyl groups is 1. The number of aromatic nitrogens is 3. The molecule has 4 aromatic rings. The van der Waals surface area contributed by atoms with Crippen LogP contribution >= 0.6 is 11.3 Å². The van der Waals surface area contributed by atoms with Gasteiger partial charge < -0.3 is 36.4 Å². The lowest BCUT2D eigenvalue weighted by Crippen LogP contribution is -2.58. The van der Waals surface area contributed by atoms with E-state index < -0.39 is 29.5 Å². The van der Waals surface area contributed by atoms with Crippen LogP contribution < -0.4 is 26.3 Å². The van der Waals surface area contributed by atoms with Crippen molar-refractivity contribution < 1.29 is 29.6 Å². The first-order valence-electron chi connectivity index (χ1n) is 17.6. The molecule has 3 atom stereocenters. The molecule has 13 nitrogen and oxygen atoms in total. The number of carbonyl (C=O) groups is 3. The standard InChI is InChI=1S/C38H46N8O5S/c1-22-32(52-21-41-22)24-11-9-23(10-12-24)19-40-36(50)30-17-26(47)20-46(30)37(51)33(38(2,3)4)42-35(49)25-13-15-45(16-14-25)29-18-28(43-44-34(29)39)27-7-5-6-8-31(27)48/h5-12,18,21,25-26,30,33,47-48H,13-17,19-20H2,1-4H3,(H2,39,44)(H,40,50)(H,42,49)/p+1/t26-,30+,33-/m1/s1. The largest absolute Gasteiger partial charge is 0.507 e. The Morgan fingerprint density at radius 1 is 1.06 bits per heavy atom. The Balaban J connectivity index is 1.07. The molecule has 52 heavy (non-hydrogen) atoms. The molecule has 274 valence electrons. The quantitative estimate of drug-likeness (QED) is 0.172. The Kier molecular flexibility index (Phi) is 10.8. The van der Waals surface area contributed by atoms with Crippen LogP contribution in [-0.2, 0) is 20.9 Å². The zero-order valence-electron chi connectivity index (χ0n) is 29.9. The molecule has 7 N–H and O–H groups in total. The molecule has 2 aliphatic rings. The Hall–Kier alpha value is -5.08. The number of nitrogen functional groups attached to an aromatic ring is 1. The van der Waals surface area contributed by atoms with E-state index in [1.54, 1.807) is 41.7 Å². The fourth-order valence-corrected chi connectivity index (χ4v) is 7.79. The number of aromatic hydroxyl groups is 1. The lowest BCUT2D eigenvalue weighted by Gasteiger charge is -2.37. The normalized spacial score (nSPS) is 18.6. The van der Waals surface area contributed by atoms with Crippen molar-refractivity contribution in [3.8, 4) is 27.4 Å². The highest BCUT2D eigenvalue weighted by Gasteiger charge is 2.45. The van der Waals surface area contributed by atoms with Gasteiger partial charge in [-0.05, 0) is 47.6 Å². The minimum absolute atomic E-state index is 0.00771. The van der Waals surface area contributed by atoms with Crippen molar-refractivity contribution in [1.82, 2.24) is 25.7 Å². The van der Waals surface area contributed by atoms with E-state index in [9.17, 15) is 24.6 Å². The maximum atomic E-state index is 14.1. The number of benzene rings is 2. The number of H-pyrrole nitrogens is 1. The monoisotopic (exact) mass is 727 g/mol. The topological polar surface area (TPSA) is 188 Å². The summed E-state index contributed by atoms with van der Waals surface area (Å²) in [4.78, 5) is 49.1. The Morgan fingerprint density at radius 3 is 2.42 bits per heavy atom. The van der Waals surface area contributed by atoms with Gasteiger partial charge in [-0.15, -0.1) is 10.2 Å². The van der Waals surface area contributed by atoms with Gasteiger partial charge >= 0.3 is 0 Å². The van der Waals surface area contributed by atoms with Crippen LogP contribution in [0.25, 0.3) is 21.7 Å². The lowest BCUT2D eigenvalue weighted by atomic mass is 9.84. The number of nitrogens with zero attached hydrogens (tertiary/aromatic N) is 4. The minimum atomic E-state index is -0.912. The fraction of sp³-hybridized carbons (Fsp3) is 0.421. The SMILES string of the molecule is Cc1[nH+]csc1-c1ccc(CNC(=O)[C@@H]2C[C@@H](O)CN2C(=O)[C@@H](NC(=O)C2CCN(c3cc(-c4ccccc4O)nnc3N)CC2)C(C)(C)C)cc1. The maximum absolute atomic E-state index is 14.1. The summed E-state index contributed by atoms with van der Waals surface area (Å²) in [5.74, 6) is -0.976. The summed E-state index contributed by atoms with van der Waals surface area (Å²) < 4.78 is 0. The van der Waals surface area contributed by atoms with Crippen molar-refractivity contribution in [3.63, 3.8) is 0 Å². The smallest absolute Gasteiger partial charge is 0.246 e. The Bertz CT molecular complexity index is 1920. The van der Waals surface area contributed by atoms with Gasteiger partial charge in [-0.25, -0.2) is 4.98 Å². The molecular weight excluding hydrogens is 681 g/mol. The van der Waals surface area contributed by atoms with E-state index in [1.807, 2.05) is 57.5 Å². The first kappa shape index (κ1) is 36.7. The molecule has 0 radical (unpaired) electrons. The number of piperidine rings is 1. The fourth-order valence-electron chi connectivity index (χ4n) is 6.93. The molecular formula is C38H47N8O5S+. The van der Waals surface area contributed by atoms with E-state index in [-0.39, 0.29) is 48.8 Å². The summed E-state index contributed by atoms with van der Waals surface area (Å²) >= 11 is 1.63. The third-order valence-corrected chi connectivity index (χ3v) is 10.9. The molecule has 0 saturated carbocycles. The summed E-state index contributed by atoms with van der Waals surface area (Å²) in [6, 6.07) is 14.9. The summed E-state index contributed by atoms with van der Waals surface area (Å²) in [7, 11) is 0. The van der Waals surface area contributed by atoms with Gasteiger partial charge in [0.05, 0.1) is 17.5 Å². The van der Waals surface area contributed by atoms with Crippen LogP contribution in [0.3, 0.4) is 0 Å². The number of thiazole rings is 1. The predicted molar refractivity (Wildman–Crippen MR) is 199 cm³/mol. The van der Waals surface area contributed by atoms with Gasteiger partial charge in [-0.2, -0.15) is 0 Å². The number of phenols is 1. The van der Waals surface area contributed by atoms with Gasteiger partial charge in [0, 0.05) is 51.0 Å². The summed E-state index contributed by atoms with van der Waals surface area (Å²) in [6.07, 6.45) is 0.299. The van der Waals surface area contributed by atoms with Crippen molar-refractivity contribution in [2.24, 2.45) is 11.3 Å². The van der Waals surface area contributed by atoms with E-state index in [1.165, 1.54) is 4.90 Å². The van der Waals surface area contributed by atoms with Gasteiger partial charge in [0.2, 0.25) is 23.2 Å². The molecule has 4 heterocycles. The minimum Gasteiger partial charge on any atom is -0.507 e. The van der Waals surface area contributed by atoms with Crippen molar-refractivity contribution in [2.45, 2.75) is 71.7 Å². The van der Waals surface area contributed by atoms with Crippen LogP contribution in [0.4, 0.5) is 11.5 Å². The van der Waals surface area contributed by atoms with Crippen LogP contribution in [0.5, 0.6) is 5.75 Å². The number of likely N-dealkylation sites (tertiary alicyclic amines) is 1. The third-order valence-electron chi connectivity index (χ3n) is 9.93. The number of nitrogens with two attached hydrogens (primary N) is 1. The Morgan fingerprint density at radius 2 is 1.77 bits per heavy atom. The van der Waals surface area contributed by atoms with Gasteiger partial charge in [0.1, 0.15) is 22.7 Å². The second kappa shape index (κ2) is 15.3. The Labute approximate surface area is 307 Å². The van der Waals surface area contributed by atoms with E-state index in [4.69, 9.17) is 5.73 Å². The molecule has 6 rings (SSSR count). The van der Waals surface area contributed by atoms with Crippen LogP contribution in [-0.4, -0.2) is 80.9 Å². The number of anilines is 2. The highest BCUT2D eigenvalue weighted by atomic mass is 32.1. The van der Waals surface area contributed by atoms with Crippen LogP contribution in [0.1, 0.15) is 51.3 Å². The molecule has 3 amide bonds. The van der Waals surface area contributed by atoms with Gasteiger partial charge in [0.25, 0.3) is 0 Å². The molecule has 0 unspecified atom stereocenters. The van der Waals surface area contributed by atoms with Crippen molar-refractivity contribution in [1.29, 1.82) is 0 Å². The maximum Gasteiger partial charge on any atom is 0.246 e. The number of aliphatic hydroxyl groups excluding tert-OH is 1. The number of β-amino-alcohol motifs (C(OH)–C–C–N with tert-alkyl or cyclic N) is 1.